The van der Waals surface area contributed by atoms with E-state index in [1.54, 1.807) is 18.2 Å². The first-order valence-corrected chi connectivity index (χ1v) is 8.28. The molecule has 0 fully saturated rings. The lowest BCUT2D eigenvalue weighted by molar-refractivity contribution is 0.509. The molecule has 1 aromatic heterocycles. The quantitative estimate of drug-likeness (QED) is 0.730. The Morgan fingerprint density at radius 1 is 1.16 bits per heavy atom. The third-order valence-electron chi connectivity index (χ3n) is 4.12. The van der Waals surface area contributed by atoms with Gasteiger partial charge in [0.25, 0.3) is 0 Å². The summed E-state index contributed by atoms with van der Waals surface area (Å²) in [5, 5.41) is 6.55. The van der Waals surface area contributed by atoms with Gasteiger partial charge >= 0.3 is 0 Å². The lowest BCUT2D eigenvalue weighted by Gasteiger charge is -2.18. The molecule has 1 aliphatic heterocycles. The number of benzene rings is 2. The monoisotopic (exact) mass is 360 g/mol. The number of imidazole rings is 1. The number of nitrogens with zero attached hydrogens (tertiary/aromatic N) is 2. The summed E-state index contributed by atoms with van der Waals surface area (Å²) < 4.78 is 29.5. The second kappa shape index (κ2) is 6.46. The first-order chi connectivity index (χ1) is 12.1. The fraction of sp³-hybridized carbons (Fsp3) is 0.167. The van der Waals surface area contributed by atoms with Crippen LogP contribution in [0.25, 0.3) is 11.3 Å². The maximum absolute atomic E-state index is 13.8. The van der Waals surface area contributed by atoms with Gasteiger partial charge in [-0.05, 0) is 30.3 Å². The molecule has 4 rings (SSSR count). The van der Waals surface area contributed by atoms with Gasteiger partial charge in [0.15, 0.2) is 0 Å². The molecular formula is C18H15ClF2N4. The van der Waals surface area contributed by atoms with Crippen LogP contribution in [-0.4, -0.2) is 16.1 Å². The summed E-state index contributed by atoms with van der Waals surface area (Å²) in [7, 11) is 0. The summed E-state index contributed by atoms with van der Waals surface area (Å²) >= 11 is 5.75. The fourth-order valence-corrected chi connectivity index (χ4v) is 3.06. The summed E-state index contributed by atoms with van der Waals surface area (Å²) in [6.45, 7) is 2.14. The second-order valence-electron chi connectivity index (χ2n) is 5.82. The second-order valence-corrected chi connectivity index (χ2v) is 6.23. The molecule has 2 N–H and O–H groups in total. The molecule has 0 unspecified atom stereocenters. The van der Waals surface area contributed by atoms with E-state index in [4.69, 9.17) is 11.6 Å². The highest BCUT2D eigenvalue weighted by molar-refractivity contribution is 6.30. The Morgan fingerprint density at radius 3 is 2.84 bits per heavy atom. The molecule has 4 nitrogen and oxygen atoms in total. The zero-order chi connectivity index (χ0) is 17.4. The van der Waals surface area contributed by atoms with Crippen molar-refractivity contribution in [3.8, 4) is 11.3 Å². The minimum absolute atomic E-state index is 0.0652. The largest absolute Gasteiger partial charge is 0.340 e. The van der Waals surface area contributed by atoms with Crippen LogP contribution in [0.2, 0.25) is 5.02 Å². The first-order valence-electron chi connectivity index (χ1n) is 7.90. The highest BCUT2D eigenvalue weighted by atomic mass is 35.5. The molecule has 2 heterocycles. The van der Waals surface area contributed by atoms with Gasteiger partial charge in [-0.2, -0.15) is 0 Å². The normalized spacial score (nSPS) is 13.6. The van der Waals surface area contributed by atoms with Gasteiger partial charge in [-0.3, -0.25) is 0 Å². The maximum Gasteiger partial charge on any atom is 0.143 e. The number of anilines is 2. The summed E-state index contributed by atoms with van der Waals surface area (Å²) in [4.78, 5) is 4.65. The SMILES string of the molecule is Fc1cccc(-c2nc3n(c2Nc2ccc(Cl)c(F)c2)CCNC3)c1. The van der Waals surface area contributed by atoms with E-state index >= 15 is 0 Å². The molecule has 0 radical (unpaired) electrons. The van der Waals surface area contributed by atoms with E-state index < -0.39 is 5.82 Å². The van der Waals surface area contributed by atoms with Crippen molar-refractivity contribution in [3.05, 3.63) is 64.9 Å². The predicted octanol–water partition coefficient (Wildman–Crippen LogP) is 4.33. The van der Waals surface area contributed by atoms with E-state index in [2.05, 4.69) is 15.6 Å². The number of halogens is 3. The first kappa shape index (κ1) is 16.1. The number of aromatic nitrogens is 2. The highest BCUT2D eigenvalue weighted by Crippen LogP contribution is 2.33. The van der Waals surface area contributed by atoms with E-state index in [9.17, 15) is 8.78 Å². The molecule has 0 saturated heterocycles. The molecule has 2 aromatic carbocycles. The van der Waals surface area contributed by atoms with Crippen molar-refractivity contribution in [2.24, 2.45) is 0 Å². The van der Waals surface area contributed by atoms with Crippen molar-refractivity contribution in [1.29, 1.82) is 0 Å². The summed E-state index contributed by atoms with van der Waals surface area (Å²) in [6, 6.07) is 10.8. The third kappa shape index (κ3) is 3.10. The average molecular weight is 361 g/mol. The van der Waals surface area contributed by atoms with Crippen LogP contribution in [0.1, 0.15) is 5.82 Å². The number of fused-ring (bicyclic) bond motifs is 1. The van der Waals surface area contributed by atoms with Gasteiger partial charge in [0.2, 0.25) is 0 Å². The number of nitrogens with one attached hydrogen (secondary N) is 2. The molecule has 0 amide bonds. The number of hydrogen-bond acceptors (Lipinski definition) is 3. The van der Waals surface area contributed by atoms with Crippen LogP contribution in [0.3, 0.4) is 0 Å². The number of rotatable bonds is 3. The average Bonchev–Trinajstić information content (AvgIpc) is 2.97. The molecule has 0 atom stereocenters. The van der Waals surface area contributed by atoms with E-state index in [0.29, 0.717) is 29.3 Å². The molecule has 0 spiro atoms. The van der Waals surface area contributed by atoms with E-state index in [1.807, 2.05) is 4.57 Å². The molecule has 1 aliphatic rings. The molecule has 0 bridgehead atoms. The zero-order valence-corrected chi connectivity index (χ0v) is 13.9. The van der Waals surface area contributed by atoms with Crippen LogP contribution in [0.5, 0.6) is 0 Å². The predicted molar refractivity (Wildman–Crippen MR) is 94.0 cm³/mol. The minimum Gasteiger partial charge on any atom is -0.340 e. The lowest BCUT2D eigenvalue weighted by atomic mass is 10.1. The lowest BCUT2D eigenvalue weighted by Crippen LogP contribution is -2.28. The Balaban J connectivity index is 1.81. The van der Waals surface area contributed by atoms with Gasteiger partial charge < -0.3 is 15.2 Å². The summed E-state index contributed by atoms with van der Waals surface area (Å²) in [6.07, 6.45) is 0. The van der Waals surface area contributed by atoms with Crippen LogP contribution >= 0.6 is 11.6 Å². The van der Waals surface area contributed by atoms with E-state index in [1.165, 1.54) is 24.3 Å². The fourth-order valence-electron chi connectivity index (χ4n) is 2.94. The third-order valence-corrected chi connectivity index (χ3v) is 4.43. The highest BCUT2D eigenvalue weighted by Gasteiger charge is 2.21. The molecular weight excluding hydrogens is 346 g/mol. The molecule has 25 heavy (non-hydrogen) atoms. The molecule has 128 valence electrons. The molecule has 0 saturated carbocycles. The van der Waals surface area contributed by atoms with Gasteiger partial charge in [-0.15, -0.1) is 0 Å². The van der Waals surface area contributed by atoms with Crippen molar-refractivity contribution < 1.29 is 8.78 Å². The van der Waals surface area contributed by atoms with E-state index in [-0.39, 0.29) is 10.8 Å². The Kier molecular flexibility index (Phi) is 4.15. The topological polar surface area (TPSA) is 41.9 Å². The van der Waals surface area contributed by atoms with Gasteiger partial charge in [0.1, 0.15) is 29.0 Å². The summed E-state index contributed by atoms with van der Waals surface area (Å²) in [5.41, 5.74) is 1.85. The maximum atomic E-state index is 13.8. The number of hydrogen-bond donors (Lipinski definition) is 2. The van der Waals surface area contributed by atoms with Crippen LogP contribution < -0.4 is 10.6 Å². The Hall–Kier alpha value is -2.44. The standard InChI is InChI=1S/C18H15ClF2N4/c19-14-5-4-13(9-15(14)21)23-18-17(11-2-1-3-12(20)8-11)24-16-10-22-6-7-25(16)18/h1-5,8-9,22-23H,6-7,10H2. The van der Waals surface area contributed by atoms with Crippen molar-refractivity contribution in [2.45, 2.75) is 13.1 Å². The van der Waals surface area contributed by atoms with Crippen molar-refractivity contribution >= 4 is 23.1 Å². The Bertz CT molecular complexity index is 939. The van der Waals surface area contributed by atoms with Crippen molar-refractivity contribution in [1.82, 2.24) is 14.9 Å². The molecule has 7 heteroatoms. The smallest absolute Gasteiger partial charge is 0.143 e. The van der Waals surface area contributed by atoms with Crippen LogP contribution in [0.4, 0.5) is 20.3 Å². The zero-order valence-electron chi connectivity index (χ0n) is 13.2. The van der Waals surface area contributed by atoms with Crippen LogP contribution in [0, 0.1) is 11.6 Å². The van der Waals surface area contributed by atoms with Gasteiger partial charge in [0, 0.05) is 24.3 Å². The van der Waals surface area contributed by atoms with Crippen LogP contribution in [0.15, 0.2) is 42.5 Å². The van der Waals surface area contributed by atoms with Gasteiger partial charge in [-0.25, -0.2) is 13.8 Å². The summed E-state index contributed by atoms with van der Waals surface area (Å²) in [5.74, 6) is 0.732. The Morgan fingerprint density at radius 2 is 2.04 bits per heavy atom. The molecule has 0 aliphatic carbocycles. The minimum atomic E-state index is -0.501. The Labute approximate surface area is 148 Å². The van der Waals surface area contributed by atoms with Crippen molar-refractivity contribution in [2.75, 3.05) is 11.9 Å². The van der Waals surface area contributed by atoms with E-state index in [0.717, 1.165) is 18.9 Å². The molecule has 3 aromatic rings. The van der Waals surface area contributed by atoms with Crippen molar-refractivity contribution in [3.63, 3.8) is 0 Å². The van der Waals surface area contributed by atoms with Crippen LogP contribution in [-0.2, 0) is 13.1 Å². The van der Waals surface area contributed by atoms with Gasteiger partial charge in [-0.1, -0.05) is 23.7 Å². The van der Waals surface area contributed by atoms with Gasteiger partial charge in [0.05, 0.1) is 11.6 Å².